The molecule has 0 radical (unpaired) electrons. The molecule has 22 heavy (non-hydrogen) atoms. The van der Waals surface area contributed by atoms with E-state index in [1.807, 2.05) is 13.8 Å². The number of carbonyl (C=O) groups is 3. The number of ketones is 1. The van der Waals surface area contributed by atoms with Gasteiger partial charge in [0.2, 0.25) is 0 Å². The van der Waals surface area contributed by atoms with Crippen LogP contribution >= 0.6 is 0 Å². The Morgan fingerprint density at radius 1 is 1.23 bits per heavy atom. The molecule has 2 heterocycles. The molecule has 114 valence electrons. The second-order valence-electron chi connectivity index (χ2n) is 5.72. The topological polar surface area (TPSA) is 63.7 Å². The Balaban J connectivity index is 2.24. The van der Waals surface area contributed by atoms with Crippen molar-refractivity contribution in [3.05, 3.63) is 41.0 Å². The molecule has 1 unspecified atom stereocenters. The van der Waals surface area contributed by atoms with Crippen molar-refractivity contribution in [2.75, 3.05) is 6.61 Å². The Morgan fingerprint density at radius 3 is 2.45 bits per heavy atom. The van der Waals surface area contributed by atoms with Gasteiger partial charge in [-0.25, -0.2) is 4.79 Å². The van der Waals surface area contributed by atoms with E-state index in [1.54, 1.807) is 31.2 Å². The Labute approximate surface area is 128 Å². The molecule has 0 N–H and O–H groups in total. The van der Waals surface area contributed by atoms with Crippen molar-refractivity contribution >= 4 is 23.4 Å². The lowest BCUT2D eigenvalue weighted by molar-refractivity contribution is -0.140. The molecule has 1 atom stereocenters. The van der Waals surface area contributed by atoms with Gasteiger partial charge in [0, 0.05) is 11.1 Å². The van der Waals surface area contributed by atoms with Gasteiger partial charge >= 0.3 is 5.97 Å². The highest BCUT2D eigenvalue weighted by molar-refractivity contribution is 6.32. The van der Waals surface area contributed by atoms with Crippen LogP contribution in [-0.2, 0) is 14.3 Å². The quantitative estimate of drug-likeness (QED) is 0.633. The van der Waals surface area contributed by atoms with E-state index in [9.17, 15) is 14.4 Å². The predicted octanol–water partition coefficient (Wildman–Crippen LogP) is 2.02. The second-order valence-corrected chi connectivity index (χ2v) is 5.72. The van der Waals surface area contributed by atoms with Gasteiger partial charge in [0.15, 0.2) is 5.78 Å². The minimum Gasteiger partial charge on any atom is -0.462 e. The molecule has 0 saturated heterocycles. The van der Waals surface area contributed by atoms with Crippen LogP contribution in [0.25, 0.3) is 5.70 Å². The lowest BCUT2D eigenvalue weighted by Crippen LogP contribution is -2.40. The predicted molar refractivity (Wildman–Crippen MR) is 79.8 cm³/mol. The fourth-order valence-corrected chi connectivity index (χ4v) is 3.14. The average molecular weight is 299 g/mol. The summed E-state index contributed by atoms with van der Waals surface area (Å²) in [5.41, 5.74) is 1.56. The van der Waals surface area contributed by atoms with Crippen LogP contribution in [0.15, 0.2) is 29.8 Å². The van der Waals surface area contributed by atoms with Crippen LogP contribution in [0.5, 0.6) is 0 Å². The summed E-state index contributed by atoms with van der Waals surface area (Å²) in [4.78, 5) is 39.0. The number of rotatable bonds is 3. The van der Waals surface area contributed by atoms with E-state index in [0.29, 0.717) is 16.8 Å². The van der Waals surface area contributed by atoms with Gasteiger partial charge in [-0.1, -0.05) is 32.0 Å². The second kappa shape index (κ2) is 5.09. The summed E-state index contributed by atoms with van der Waals surface area (Å²) >= 11 is 0. The summed E-state index contributed by atoms with van der Waals surface area (Å²) in [6, 6.07) is 6.40. The first kappa shape index (κ1) is 14.5. The van der Waals surface area contributed by atoms with Gasteiger partial charge in [-0.15, -0.1) is 0 Å². The van der Waals surface area contributed by atoms with Crippen molar-refractivity contribution in [1.29, 1.82) is 0 Å². The number of hydrogen-bond donors (Lipinski definition) is 0. The number of fused-ring (bicyclic) bond motifs is 3. The molecular formula is C17H17NO4. The zero-order chi connectivity index (χ0) is 16.0. The summed E-state index contributed by atoms with van der Waals surface area (Å²) in [6.45, 7) is 5.61. The van der Waals surface area contributed by atoms with Gasteiger partial charge in [-0.2, -0.15) is 0 Å². The first-order valence-corrected chi connectivity index (χ1v) is 7.37. The van der Waals surface area contributed by atoms with Crippen molar-refractivity contribution in [3.63, 3.8) is 0 Å². The number of amides is 1. The first-order chi connectivity index (χ1) is 10.5. The van der Waals surface area contributed by atoms with Crippen LogP contribution in [-0.4, -0.2) is 35.2 Å². The summed E-state index contributed by atoms with van der Waals surface area (Å²) in [7, 11) is 0. The number of carbonyl (C=O) groups excluding carboxylic acids is 3. The molecule has 1 aromatic rings. The van der Waals surface area contributed by atoms with E-state index in [-0.39, 0.29) is 29.8 Å². The zero-order valence-electron chi connectivity index (χ0n) is 12.8. The third-order valence-corrected chi connectivity index (χ3v) is 4.01. The van der Waals surface area contributed by atoms with Crippen LogP contribution < -0.4 is 0 Å². The number of esters is 1. The Bertz CT molecular complexity index is 717. The van der Waals surface area contributed by atoms with E-state index in [1.165, 1.54) is 4.90 Å². The molecule has 0 spiro atoms. The molecule has 0 fully saturated rings. The molecule has 0 bridgehead atoms. The van der Waals surface area contributed by atoms with Gasteiger partial charge in [-0.3, -0.25) is 14.5 Å². The average Bonchev–Trinajstić information content (AvgIpc) is 2.93. The lowest BCUT2D eigenvalue weighted by atomic mass is 9.95. The van der Waals surface area contributed by atoms with Gasteiger partial charge in [-0.05, 0) is 18.9 Å². The van der Waals surface area contributed by atoms with E-state index in [4.69, 9.17) is 4.74 Å². The van der Waals surface area contributed by atoms with Crippen LogP contribution in [0.2, 0.25) is 0 Å². The van der Waals surface area contributed by atoms with Gasteiger partial charge in [0.05, 0.1) is 12.3 Å². The maximum Gasteiger partial charge on any atom is 0.344 e. The highest BCUT2D eigenvalue weighted by atomic mass is 16.5. The molecule has 1 aromatic carbocycles. The van der Waals surface area contributed by atoms with Crippen LogP contribution in [0, 0.1) is 5.92 Å². The van der Waals surface area contributed by atoms with E-state index in [2.05, 4.69) is 0 Å². The van der Waals surface area contributed by atoms with E-state index >= 15 is 0 Å². The maximum absolute atomic E-state index is 12.7. The Hall–Kier alpha value is -2.43. The van der Waals surface area contributed by atoms with Gasteiger partial charge < -0.3 is 4.74 Å². The van der Waals surface area contributed by atoms with E-state index in [0.717, 1.165) is 0 Å². The summed E-state index contributed by atoms with van der Waals surface area (Å²) in [6.07, 6.45) is 0. The Morgan fingerprint density at radius 2 is 1.86 bits per heavy atom. The molecule has 0 saturated carbocycles. The monoisotopic (exact) mass is 299 g/mol. The van der Waals surface area contributed by atoms with Crippen LogP contribution in [0.3, 0.4) is 0 Å². The fourth-order valence-electron chi connectivity index (χ4n) is 3.14. The molecule has 0 aliphatic carbocycles. The molecule has 0 aromatic heterocycles. The third kappa shape index (κ3) is 1.81. The van der Waals surface area contributed by atoms with Crippen molar-refractivity contribution < 1.29 is 19.1 Å². The Kier molecular flexibility index (Phi) is 3.35. The van der Waals surface area contributed by atoms with E-state index < -0.39 is 12.0 Å². The number of nitrogens with zero attached hydrogens (tertiary/aromatic N) is 1. The third-order valence-electron chi connectivity index (χ3n) is 4.01. The van der Waals surface area contributed by atoms with Crippen molar-refractivity contribution in [2.45, 2.75) is 26.8 Å². The van der Waals surface area contributed by atoms with Gasteiger partial charge in [0.1, 0.15) is 11.6 Å². The molecule has 5 heteroatoms. The highest BCUT2D eigenvalue weighted by Crippen LogP contribution is 2.43. The SMILES string of the molecule is CCOC(=O)C1=C2c3ccccc3C(=O)N2C(C(C)C)C1=O. The van der Waals surface area contributed by atoms with Crippen molar-refractivity contribution in [3.8, 4) is 0 Å². The smallest absolute Gasteiger partial charge is 0.344 e. The number of Topliss-reactive ketones (excluding diaryl/α,β-unsaturated/α-hetero) is 1. The molecule has 3 rings (SSSR count). The van der Waals surface area contributed by atoms with Crippen molar-refractivity contribution in [1.82, 2.24) is 4.90 Å². The van der Waals surface area contributed by atoms with Crippen molar-refractivity contribution in [2.24, 2.45) is 5.92 Å². The standard InChI is InChI=1S/C17H17NO4/c1-4-22-17(21)12-14-10-7-5-6-8-11(10)16(20)18(14)13(9(2)3)15(12)19/h5-9,13H,4H2,1-3H3. The maximum atomic E-state index is 12.7. The summed E-state index contributed by atoms with van der Waals surface area (Å²) in [5.74, 6) is -1.30. The normalized spacial score (nSPS) is 19.8. The largest absolute Gasteiger partial charge is 0.462 e. The summed E-state index contributed by atoms with van der Waals surface area (Å²) < 4.78 is 5.03. The van der Waals surface area contributed by atoms with Gasteiger partial charge in [0.25, 0.3) is 5.91 Å². The summed E-state index contributed by atoms with van der Waals surface area (Å²) in [5, 5.41) is 0. The van der Waals surface area contributed by atoms with Crippen LogP contribution in [0.1, 0.15) is 36.7 Å². The van der Waals surface area contributed by atoms with Crippen LogP contribution in [0.4, 0.5) is 0 Å². The minimum atomic E-state index is -0.653. The lowest BCUT2D eigenvalue weighted by Gasteiger charge is -2.24. The molecular weight excluding hydrogens is 282 g/mol. The molecule has 1 amide bonds. The molecule has 2 aliphatic rings. The molecule has 5 nitrogen and oxygen atoms in total. The minimum absolute atomic E-state index is 0.00106. The number of ether oxygens (including phenoxy) is 1. The number of benzene rings is 1. The molecule has 2 aliphatic heterocycles. The zero-order valence-corrected chi connectivity index (χ0v) is 12.8. The highest BCUT2D eigenvalue weighted by Gasteiger charge is 2.51. The first-order valence-electron chi connectivity index (χ1n) is 7.37. The number of hydrogen-bond acceptors (Lipinski definition) is 4. The fraction of sp³-hybridized carbons (Fsp3) is 0.353.